The molecule has 0 fully saturated rings. The summed E-state index contributed by atoms with van der Waals surface area (Å²) in [5.74, 6) is 1.78. The molecule has 1 amide bonds. The average molecular weight is 464 g/mol. The van der Waals surface area contributed by atoms with Crippen LogP contribution in [-0.4, -0.2) is 19.1 Å². The van der Waals surface area contributed by atoms with Crippen molar-refractivity contribution in [2.24, 2.45) is 0 Å². The van der Waals surface area contributed by atoms with Crippen molar-refractivity contribution < 1.29 is 14.3 Å². The number of anilines is 1. The van der Waals surface area contributed by atoms with Crippen LogP contribution in [0.25, 0.3) is 0 Å². The Morgan fingerprint density at radius 2 is 1.61 bits per heavy atom. The van der Waals surface area contributed by atoms with Crippen LogP contribution in [0, 0.1) is 0 Å². The van der Waals surface area contributed by atoms with Crippen LogP contribution >= 0.6 is 11.6 Å². The van der Waals surface area contributed by atoms with Crippen molar-refractivity contribution >= 4 is 23.2 Å². The fourth-order valence-electron chi connectivity index (χ4n) is 4.35. The van der Waals surface area contributed by atoms with E-state index in [2.05, 4.69) is 26.0 Å². The zero-order valence-corrected chi connectivity index (χ0v) is 20.5. The molecule has 0 saturated heterocycles. The Labute approximate surface area is 201 Å². The highest BCUT2D eigenvalue weighted by molar-refractivity contribution is 6.30. The van der Waals surface area contributed by atoms with E-state index in [9.17, 15) is 4.79 Å². The standard InChI is InChI=1S/C28H30ClNO3/c1-17(2)19-8-12-23(13-9-19)30-27(31)15-21-14-25(32-5)26(33-18(3)4)16-24(21)28(30)20-6-10-22(29)11-7-20/h6-14,16-18,28H,15H2,1-5H3. The summed E-state index contributed by atoms with van der Waals surface area (Å²) in [6, 6.07) is 19.6. The molecule has 5 heteroatoms. The van der Waals surface area contributed by atoms with E-state index in [-0.39, 0.29) is 18.1 Å². The third-order valence-corrected chi connectivity index (χ3v) is 6.23. The Bertz CT molecular complexity index is 1140. The quantitative estimate of drug-likeness (QED) is 0.397. The first-order valence-electron chi connectivity index (χ1n) is 11.3. The number of carbonyl (C=O) groups is 1. The van der Waals surface area contributed by atoms with E-state index < -0.39 is 0 Å². The lowest BCUT2D eigenvalue weighted by Crippen LogP contribution is -2.41. The Hall–Kier alpha value is -2.98. The molecule has 0 saturated carbocycles. The summed E-state index contributed by atoms with van der Waals surface area (Å²) < 4.78 is 11.6. The Morgan fingerprint density at radius 3 is 2.18 bits per heavy atom. The first kappa shape index (κ1) is 23.2. The highest BCUT2D eigenvalue weighted by Crippen LogP contribution is 2.43. The number of fused-ring (bicyclic) bond motifs is 1. The molecule has 3 aromatic rings. The monoisotopic (exact) mass is 463 g/mol. The molecular weight excluding hydrogens is 434 g/mol. The fourth-order valence-corrected chi connectivity index (χ4v) is 4.47. The fraction of sp³-hybridized carbons (Fsp3) is 0.321. The Morgan fingerprint density at radius 1 is 0.939 bits per heavy atom. The van der Waals surface area contributed by atoms with Gasteiger partial charge in [-0.05, 0) is 78.4 Å². The van der Waals surface area contributed by atoms with E-state index in [0.717, 1.165) is 22.4 Å². The largest absolute Gasteiger partial charge is 0.493 e. The molecule has 0 radical (unpaired) electrons. The zero-order chi connectivity index (χ0) is 23.7. The molecule has 1 atom stereocenters. The molecule has 33 heavy (non-hydrogen) atoms. The van der Waals surface area contributed by atoms with Gasteiger partial charge in [-0.2, -0.15) is 0 Å². The summed E-state index contributed by atoms with van der Waals surface area (Å²) in [5.41, 5.74) is 5.08. The van der Waals surface area contributed by atoms with Gasteiger partial charge >= 0.3 is 0 Å². The van der Waals surface area contributed by atoms with E-state index in [0.29, 0.717) is 28.9 Å². The van der Waals surface area contributed by atoms with Crippen LogP contribution < -0.4 is 14.4 Å². The average Bonchev–Trinajstić information content (AvgIpc) is 2.78. The normalized spacial score (nSPS) is 15.7. The van der Waals surface area contributed by atoms with Crippen LogP contribution in [0.5, 0.6) is 11.5 Å². The number of ether oxygens (including phenoxy) is 2. The van der Waals surface area contributed by atoms with Gasteiger partial charge in [-0.25, -0.2) is 0 Å². The van der Waals surface area contributed by atoms with Crippen molar-refractivity contribution in [2.75, 3.05) is 12.0 Å². The number of rotatable bonds is 6. The van der Waals surface area contributed by atoms with Crippen LogP contribution in [0.1, 0.15) is 61.9 Å². The molecule has 4 rings (SSSR count). The predicted molar refractivity (Wildman–Crippen MR) is 134 cm³/mol. The van der Waals surface area contributed by atoms with Crippen molar-refractivity contribution in [3.8, 4) is 11.5 Å². The maximum Gasteiger partial charge on any atom is 0.232 e. The number of benzene rings is 3. The lowest BCUT2D eigenvalue weighted by Gasteiger charge is -2.38. The predicted octanol–water partition coefficient (Wildman–Crippen LogP) is 6.94. The van der Waals surface area contributed by atoms with Gasteiger partial charge in [-0.3, -0.25) is 4.79 Å². The summed E-state index contributed by atoms with van der Waals surface area (Å²) in [6.07, 6.45) is 0.291. The Balaban J connectivity index is 1.89. The lowest BCUT2D eigenvalue weighted by molar-refractivity contribution is -0.118. The zero-order valence-electron chi connectivity index (χ0n) is 19.8. The second-order valence-corrected chi connectivity index (χ2v) is 9.45. The van der Waals surface area contributed by atoms with Crippen LogP contribution in [0.15, 0.2) is 60.7 Å². The highest BCUT2D eigenvalue weighted by Gasteiger charge is 2.36. The number of methoxy groups -OCH3 is 1. The smallest absolute Gasteiger partial charge is 0.232 e. The summed E-state index contributed by atoms with van der Waals surface area (Å²) in [6.45, 7) is 8.30. The van der Waals surface area contributed by atoms with Crippen molar-refractivity contribution in [3.63, 3.8) is 0 Å². The minimum Gasteiger partial charge on any atom is -0.493 e. The second-order valence-electron chi connectivity index (χ2n) is 9.01. The second kappa shape index (κ2) is 9.48. The minimum atomic E-state index is -0.302. The first-order valence-corrected chi connectivity index (χ1v) is 11.7. The van der Waals surface area contributed by atoms with Crippen molar-refractivity contribution in [1.82, 2.24) is 0 Å². The molecule has 172 valence electrons. The van der Waals surface area contributed by atoms with Gasteiger partial charge in [0.1, 0.15) is 0 Å². The number of nitrogens with zero attached hydrogens (tertiary/aromatic N) is 1. The van der Waals surface area contributed by atoms with Crippen molar-refractivity contribution in [1.29, 1.82) is 0 Å². The molecule has 1 heterocycles. The molecule has 4 nitrogen and oxygen atoms in total. The Kier molecular flexibility index (Phi) is 6.66. The van der Waals surface area contributed by atoms with Gasteiger partial charge in [0.15, 0.2) is 11.5 Å². The van der Waals surface area contributed by atoms with Gasteiger partial charge in [0.05, 0.1) is 25.7 Å². The first-order chi connectivity index (χ1) is 15.8. The summed E-state index contributed by atoms with van der Waals surface area (Å²) >= 11 is 6.18. The maximum atomic E-state index is 13.5. The number of carbonyl (C=O) groups excluding carboxylic acids is 1. The molecule has 1 unspecified atom stereocenters. The van der Waals surface area contributed by atoms with E-state index in [1.54, 1.807) is 7.11 Å². The van der Waals surface area contributed by atoms with E-state index >= 15 is 0 Å². The van der Waals surface area contributed by atoms with Gasteiger partial charge in [0.25, 0.3) is 0 Å². The number of hydrogen-bond donors (Lipinski definition) is 0. The van der Waals surface area contributed by atoms with E-state index in [4.69, 9.17) is 21.1 Å². The van der Waals surface area contributed by atoms with E-state index in [1.807, 2.05) is 67.3 Å². The van der Waals surface area contributed by atoms with Crippen LogP contribution in [-0.2, 0) is 11.2 Å². The third-order valence-electron chi connectivity index (χ3n) is 5.97. The molecule has 0 spiro atoms. The van der Waals surface area contributed by atoms with Crippen molar-refractivity contribution in [2.45, 2.75) is 52.2 Å². The summed E-state index contributed by atoms with van der Waals surface area (Å²) in [4.78, 5) is 15.4. The number of halogens is 1. The number of amides is 1. The van der Waals surface area contributed by atoms with Gasteiger partial charge in [-0.1, -0.05) is 49.7 Å². The molecule has 3 aromatic carbocycles. The van der Waals surface area contributed by atoms with E-state index in [1.165, 1.54) is 5.56 Å². The molecule has 1 aliphatic heterocycles. The SMILES string of the molecule is COc1cc2c(cc1OC(C)C)C(c1ccc(Cl)cc1)N(c1ccc(C(C)C)cc1)C(=O)C2. The minimum absolute atomic E-state index is 0.00386. The highest BCUT2D eigenvalue weighted by atomic mass is 35.5. The molecular formula is C28H30ClNO3. The molecule has 0 aliphatic carbocycles. The van der Waals surface area contributed by atoms with Crippen LogP contribution in [0.4, 0.5) is 5.69 Å². The lowest BCUT2D eigenvalue weighted by atomic mass is 9.86. The van der Waals surface area contributed by atoms with Gasteiger partial charge in [-0.15, -0.1) is 0 Å². The molecule has 1 aliphatic rings. The topological polar surface area (TPSA) is 38.8 Å². The summed E-state index contributed by atoms with van der Waals surface area (Å²) in [7, 11) is 1.62. The maximum absolute atomic E-state index is 13.5. The summed E-state index contributed by atoms with van der Waals surface area (Å²) in [5, 5.41) is 0.660. The van der Waals surface area contributed by atoms with Crippen molar-refractivity contribution in [3.05, 3.63) is 87.9 Å². The molecule has 0 bridgehead atoms. The van der Waals surface area contributed by atoms with Gasteiger partial charge in [0, 0.05) is 10.7 Å². The molecule has 0 N–H and O–H groups in total. The van der Waals surface area contributed by atoms with Crippen LogP contribution in [0.3, 0.4) is 0 Å². The van der Waals surface area contributed by atoms with Gasteiger partial charge < -0.3 is 14.4 Å². The third kappa shape index (κ3) is 4.72. The number of hydrogen-bond acceptors (Lipinski definition) is 3. The molecule has 0 aromatic heterocycles. The van der Waals surface area contributed by atoms with Crippen LogP contribution in [0.2, 0.25) is 5.02 Å². The van der Waals surface area contributed by atoms with Gasteiger partial charge in [0.2, 0.25) is 5.91 Å².